The van der Waals surface area contributed by atoms with Gasteiger partial charge in [0, 0.05) is 20.1 Å². The third kappa shape index (κ3) is 4.27. The summed E-state index contributed by atoms with van der Waals surface area (Å²) in [5, 5.41) is 0. The van der Waals surface area contributed by atoms with Crippen LogP contribution in [0.2, 0.25) is 0 Å². The fourth-order valence-corrected chi connectivity index (χ4v) is 1.75. The normalized spacial score (nSPS) is 21.5. The summed E-state index contributed by atoms with van der Waals surface area (Å²) in [5.74, 6) is -0.408. The van der Waals surface area contributed by atoms with E-state index in [2.05, 4.69) is 4.74 Å². The summed E-state index contributed by atoms with van der Waals surface area (Å²) in [6.07, 6.45) is 0.498. The van der Waals surface area contributed by atoms with E-state index in [1.807, 2.05) is 6.92 Å². The summed E-state index contributed by atoms with van der Waals surface area (Å²) in [4.78, 5) is 24.9. The molecular weight excluding hydrogens is 238 g/mol. The number of methoxy groups -OCH3 is 2. The maximum absolute atomic E-state index is 11.9. The molecule has 1 heterocycles. The van der Waals surface area contributed by atoms with Crippen LogP contribution in [0.3, 0.4) is 0 Å². The summed E-state index contributed by atoms with van der Waals surface area (Å²) >= 11 is 0. The zero-order chi connectivity index (χ0) is 13.5. The van der Waals surface area contributed by atoms with Crippen LogP contribution < -0.4 is 0 Å². The van der Waals surface area contributed by atoms with Crippen molar-refractivity contribution in [2.24, 2.45) is 0 Å². The average Bonchev–Trinajstić information content (AvgIpc) is 2.43. The quantitative estimate of drug-likeness (QED) is 0.660. The van der Waals surface area contributed by atoms with E-state index < -0.39 is 12.1 Å². The number of amides is 1. The van der Waals surface area contributed by atoms with Gasteiger partial charge in [0.25, 0.3) is 0 Å². The van der Waals surface area contributed by atoms with E-state index in [4.69, 9.17) is 9.47 Å². The lowest BCUT2D eigenvalue weighted by atomic mass is 10.2. The first-order valence-corrected chi connectivity index (χ1v) is 6.08. The van der Waals surface area contributed by atoms with Crippen LogP contribution in [-0.4, -0.2) is 62.9 Å². The molecule has 0 aromatic heterocycles. The molecule has 18 heavy (non-hydrogen) atoms. The molecule has 6 heteroatoms. The number of carbonyl (C=O) groups excluding carboxylic acids is 2. The Balaban J connectivity index is 2.41. The van der Waals surface area contributed by atoms with Crippen molar-refractivity contribution < 1.29 is 23.8 Å². The van der Waals surface area contributed by atoms with Gasteiger partial charge in [-0.25, -0.2) is 4.79 Å². The van der Waals surface area contributed by atoms with Crippen molar-refractivity contribution in [2.45, 2.75) is 32.0 Å². The molecule has 2 unspecified atom stereocenters. The van der Waals surface area contributed by atoms with Gasteiger partial charge in [-0.1, -0.05) is 0 Å². The van der Waals surface area contributed by atoms with E-state index in [1.54, 1.807) is 12.0 Å². The molecule has 104 valence electrons. The van der Waals surface area contributed by atoms with Gasteiger partial charge in [0.2, 0.25) is 5.91 Å². The van der Waals surface area contributed by atoms with E-state index in [9.17, 15) is 9.59 Å². The number of morpholine rings is 1. The summed E-state index contributed by atoms with van der Waals surface area (Å²) in [7, 11) is 2.93. The van der Waals surface area contributed by atoms with Crippen molar-refractivity contribution in [3.8, 4) is 0 Å². The van der Waals surface area contributed by atoms with Crippen LogP contribution in [0.4, 0.5) is 0 Å². The van der Waals surface area contributed by atoms with Crippen LogP contribution in [0.1, 0.15) is 19.8 Å². The summed E-state index contributed by atoms with van der Waals surface area (Å²) in [5.41, 5.74) is 0. The van der Waals surface area contributed by atoms with Crippen molar-refractivity contribution in [3.63, 3.8) is 0 Å². The molecule has 1 aliphatic heterocycles. The Hall–Kier alpha value is -1.14. The van der Waals surface area contributed by atoms with Crippen LogP contribution in [0.5, 0.6) is 0 Å². The van der Waals surface area contributed by atoms with E-state index in [1.165, 1.54) is 7.11 Å². The number of hydrogen-bond donors (Lipinski definition) is 0. The summed E-state index contributed by atoms with van der Waals surface area (Å²) in [6.45, 7) is 3.08. The fourth-order valence-electron chi connectivity index (χ4n) is 1.75. The highest BCUT2D eigenvalue weighted by Crippen LogP contribution is 2.10. The molecule has 0 radical (unpaired) electrons. The molecule has 1 fully saturated rings. The second-order valence-electron chi connectivity index (χ2n) is 4.31. The van der Waals surface area contributed by atoms with Crippen molar-refractivity contribution in [1.29, 1.82) is 0 Å². The summed E-state index contributed by atoms with van der Waals surface area (Å²) < 4.78 is 15.0. The SMILES string of the molecule is COC(=O)C1CN(C(=O)CCC(C)OC)CCO1. The lowest BCUT2D eigenvalue weighted by Gasteiger charge is -2.31. The maximum atomic E-state index is 11.9. The van der Waals surface area contributed by atoms with Gasteiger partial charge in [0.1, 0.15) is 0 Å². The number of rotatable bonds is 5. The molecule has 1 amide bonds. The Labute approximate surface area is 107 Å². The van der Waals surface area contributed by atoms with E-state index in [0.29, 0.717) is 26.0 Å². The van der Waals surface area contributed by atoms with E-state index >= 15 is 0 Å². The lowest BCUT2D eigenvalue weighted by molar-refractivity contribution is -0.162. The minimum atomic E-state index is -0.660. The minimum absolute atomic E-state index is 0.0242. The van der Waals surface area contributed by atoms with Crippen LogP contribution >= 0.6 is 0 Å². The number of ether oxygens (including phenoxy) is 3. The Morgan fingerprint density at radius 3 is 2.78 bits per heavy atom. The summed E-state index contributed by atoms with van der Waals surface area (Å²) in [6, 6.07) is 0. The number of hydrogen-bond acceptors (Lipinski definition) is 5. The Kier molecular flexibility index (Phi) is 6.07. The highest BCUT2D eigenvalue weighted by atomic mass is 16.6. The third-order valence-electron chi connectivity index (χ3n) is 3.05. The Morgan fingerprint density at radius 1 is 1.44 bits per heavy atom. The molecule has 0 aromatic rings. The highest BCUT2D eigenvalue weighted by Gasteiger charge is 2.29. The van der Waals surface area contributed by atoms with Gasteiger partial charge in [-0.3, -0.25) is 4.79 Å². The van der Waals surface area contributed by atoms with Gasteiger partial charge >= 0.3 is 5.97 Å². The Morgan fingerprint density at radius 2 is 2.17 bits per heavy atom. The van der Waals surface area contributed by atoms with Crippen LogP contribution in [0.15, 0.2) is 0 Å². The fraction of sp³-hybridized carbons (Fsp3) is 0.833. The first-order valence-electron chi connectivity index (χ1n) is 6.08. The molecule has 0 aliphatic carbocycles. The van der Waals surface area contributed by atoms with Gasteiger partial charge in [-0.05, 0) is 13.3 Å². The molecule has 0 spiro atoms. The van der Waals surface area contributed by atoms with Gasteiger partial charge in [0.05, 0.1) is 26.4 Å². The molecule has 0 saturated carbocycles. The monoisotopic (exact) mass is 259 g/mol. The average molecular weight is 259 g/mol. The van der Waals surface area contributed by atoms with Crippen molar-refractivity contribution in [3.05, 3.63) is 0 Å². The van der Waals surface area contributed by atoms with Gasteiger partial charge in [-0.15, -0.1) is 0 Å². The number of esters is 1. The van der Waals surface area contributed by atoms with Crippen LogP contribution in [0.25, 0.3) is 0 Å². The van der Waals surface area contributed by atoms with Crippen molar-refractivity contribution in [2.75, 3.05) is 33.9 Å². The van der Waals surface area contributed by atoms with Crippen molar-refractivity contribution >= 4 is 11.9 Å². The zero-order valence-electron chi connectivity index (χ0n) is 11.2. The highest BCUT2D eigenvalue weighted by molar-refractivity contribution is 5.79. The molecule has 6 nitrogen and oxygen atoms in total. The van der Waals surface area contributed by atoms with E-state index in [-0.39, 0.29) is 18.6 Å². The molecule has 2 atom stereocenters. The van der Waals surface area contributed by atoms with Crippen LogP contribution in [0, 0.1) is 0 Å². The standard InChI is InChI=1S/C12H21NO5/c1-9(16-2)4-5-11(14)13-6-7-18-10(8-13)12(15)17-3/h9-10H,4-8H2,1-3H3. The van der Waals surface area contributed by atoms with Gasteiger partial charge in [0.15, 0.2) is 6.10 Å². The van der Waals surface area contributed by atoms with Gasteiger partial charge < -0.3 is 19.1 Å². The van der Waals surface area contributed by atoms with E-state index in [0.717, 1.165) is 0 Å². The molecule has 1 aliphatic rings. The second kappa shape index (κ2) is 7.33. The lowest BCUT2D eigenvalue weighted by Crippen LogP contribution is -2.49. The molecule has 0 aromatic carbocycles. The maximum Gasteiger partial charge on any atom is 0.336 e. The molecule has 1 saturated heterocycles. The zero-order valence-corrected chi connectivity index (χ0v) is 11.2. The predicted octanol–water partition coefficient (Wildman–Crippen LogP) is 0.202. The molecular formula is C12H21NO5. The predicted molar refractivity (Wildman–Crippen MR) is 64.0 cm³/mol. The van der Waals surface area contributed by atoms with Gasteiger partial charge in [-0.2, -0.15) is 0 Å². The Bertz CT molecular complexity index is 294. The largest absolute Gasteiger partial charge is 0.467 e. The number of carbonyl (C=O) groups is 2. The second-order valence-corrected chi connectivity index (χ2v) is 4.31. The smallest absolute Gasteiger partial charge is 0.336 e. The molecule has 0 N–H and O–H groups in total. The first-order chi connectivity index (χ1) is 8.58. The van der Waals surface area contributed by atoms with Crippen molar-refractivity contribution in [1.82, 2.24) is 4.90 Å². The first kappa shape index (κ1) is 14.9. The minimum Gasteiger partial charge on any atom is -0.467 e. The molecule has 0 bridgehead atoms. The van der Waals surface area contributed by atoms with Crippen LogP contribution in [-0.2, 0) is 23.8 Å². The third-order valence-corrected chi connectivity index (χ3v) is 3.05. The number of nitrogens with zero attached hydrogens (tertiary/aromatic N) is 1. The topological polar surface area (TPSA) is 65.1 Å². The molecule has 1 rings (SSSR count).